The van der Waals surface area contributed by atoms with Crippen LogP contribution in [0.25, 0.3) is 0 Å². The van der Waals surface area contributed by atoms with Gasteiger partial charge in [0, 0.05) is 5.37 Å². The zero-order valence-corrected chi connectivity index (χ0v) is 17.8. The van der Waals surface area contributed by atoms with Gasteiger partial charge in [0.05, 0.1) is 8.07 Å². The number of hydrogen-bond acceptors (Lipinski definition) is 2. The average Bonchev–Trinajstić information content (AvgIpc) is 2.12. The van der Waals surface area contributed by atoms with Crippen LogP contribution in [0.3, 0.4) is 0 Å². The van der Waals surface area contributed by atoms with Crippen molar-refractivity contribution in [2.24, 2.45) is 0 Å². The molecule has 0 saturated heterocycles. The summed E-state index contributed by atoms with van der Waals surface area (Å²) in [6, 6.07) is 0. The van der Waals surface area contributed by atoms with E-state index >= 15 is 0 Å². The Morgan fingerprint density at radius 1 is 0.947 bits per heavy atom. The molecular weight excluding hydrogens is 282 g/mol. The summed E-state index contributed by atoms with van der Waals surface area (Å²) in [6.45, 7) is 24.5. The monoisotopic (exact) mass is 319 g/mol. The van der Waals surface area contributed by atoms with Gasteiger partial charge < -0.3 is 4.98 Å². The molecule has 0 radical (unpaired) electrons. The molecule has 0 aromatic carbocycles. The van der Waals surface area contributed by atoms with Crippen molar-refractivity contribution in [3.63, 3.8) is 0 Å². The van der Waals surface area contributed by atoms with Gasteiger partial charge >= 0.3 is 0 Å². The van der Waals surface area contributed by atoms with E-state index in [2.05, 4.69) is 85.7 Å². The molecule has 0 aliphatic rings. The Morgan fingerprint density at radius 3 is 1.58 bits per heavy atom. The molecule has 0 spiro atoms. The third kappa shape index (κ3) is 5.21. The zero-order valence-electron chi connectivity index (χ0n) is 14.9. The molecule has 0 aromatic rings. The first-order chi connectivity index (χ1) is 8.16. The Labute approximate surface area is 129 Å². The Bertz CT molecular complexity index is 276. The van der Waals surface area contributed by atoms with E-state index in [0.717, 1.165) is 6.42 Å². The summed E-state index contributed by atoms with van der Waals surface area (Å²) < 4.78 is 0. The minimum atomic E-state index is -1.41. The van der Waals surface area contributed by atoms with E-state index in [1.54, 1.807) is 0 Å². The molecule has 0 fully saturated rings. The fraction of sp³-hybridized carbons (Fsp3) is 1.00. The lowest BCUT2D eigenvalue weighted by Crippen LogP contribution is -2.60. The molecule has 0 aliphatic carbocycles. The Kier molecular flexibility index (Phi) is 6.49. The second kappa shape index (κ2) is 6.24. The summed E-state index contributed by atoms with van der Waals surface area (Å²) in [6.07, 6.45) is 1.10. The van der Waals surface area contributed by atoms with Crippen LogP contribution >= 0.6 is 12.6 Å². The molecule has 116 valence electrons. The quantitative estimate of drug-likeness (QED) is 0.378. The average molecular weight is 320 g/mol. The molecule has 0 rings (SSSR count). The van der Waals surface area contributed by atoms with Crippen molar-refractivity contribution in [2.75, 3.05) is 0 Å². The van der Waals surface area contributed by atoms with E-state index in [9.17, 15) is 0 Å². The lowest BCUT2D eigenvalue weighted by atomic mass is 10.2. The lowest BCUT2D eigenvalue weighted by Gasteiger charge is -2.53. The minimum absolute atomic E-state index is 0.361. The summed E-state index contributed by atoms with van der Waals surface area (Å²) >= 11 is 4.66. The Balaban J connectivity index is 5.26. The van der Waals surface area contributed by atoms with Crippen molar-refractivity contribution in [2.45, 2.75) is 95.6 Å². The SMILES string of the molecule is CCC(S)N[Si](C)(C)C[Si](C)(C(C)(C)C)C(C)(C)C. The Morgan fingerprint density at radius 2 is 1.32 bits per heavy atom. The van der Waals surface area contributed by atoms with Crippen molar-refractivity contribution >= 4 is 28.9 Å². The maximum atomic E-state index is 4.66. The summed E-state index contributed by atoms with van der Waals surface area (Å²) in [7, 11) is -2.81. The van der Waals surface area contributed by atoms with Gasteiger partial charge in [-0.05, 0) is 22.2 Å². The molecule has 1 unspecified atom stereocenters. The van der Waals surface area contributed by atoms with Gasteiger partial charge in [-0.2, -0.15) is 12.6 Å². The molecule has 1 nitrogen and oxygen atoms in total. The van der Waals surface area contributed by atoms with Crippen LogP contribution in [0.15, 0.2) is 0 Å². The molecule has 1 atom stereocenters. The highest BCUT2D eigenvalue weighted by atomic mass is 32.1. The van der Waals surface area contributed by atoms with Crippen LogP contribution in [0, 0.1) is 0 Å². The van der Waals surface area contributed by atoms with Crippen molar-refractivity contribution in [3.05, 3.63) is 0 Å². The number of nitrogens with one attached hydrogen (secondary N) is 1. The van der Waals surface area contributed by atoms with Crippen molar-refractivity contribution < 1.29 is 0 Å². The second-order valence-corrected chi connectivity index (χ2v) is 20.7. The van der Waals surface area contributed by atoms with Gasteiger partial charge in [0.25, 0.3) is 0 Å². The summed E-state index contributed by atoms with van der Waals surface area (Å²) in [5.74, 6) is 0. The van der Waals surface area contributed by atoms with Gasteiger partial charge in [0.2, 0.25) is 0 Å². The maximum absolute atomic E-state index is 4.66. The predicted octanol–water partition coefficient (Wildman–Crippen LogP) is 5.67. The summed E-state index contributed by atoms with van der Waals surface area (Å²) in [4.78, 5) is 3.84. The highest BCUT2D eigenvalue weighted by Crippen LogP contribution is 2.54. The predicted molar refractivity (Wildman–Crippen MR) is 99.5 cm³/mol. The number of rotatable bonds is 5. The van der Waals surface area contributed by atoms with E-state index in [4.69, 9.17) is 0 Å². The first-order valence-electron chi connectivity index (χ1n) is 7.62. The van der Waals surface area contributed by atoms with Gasteiger partial charge in [-0.15, -0.1) is 0 Å². The standard InChI is InChI=1S/C15H37NSSi2/c1-11-13(17)16-18(8,9)12-19(10,14(2,3)4)15(5,6)7/h13,16-17H,11-12H2,1-10H3. The molecular formula is C15H37NSSi2. The van der Waals surface area contributed by atoms with Crippen LogP contribution in [0.5, 0.6) is 0 Å². The molecule has 0 aliphatic heterocycles. The van der Waals surface area contributed by atoms with E-state index in [1.807, 2.05) is 0 Å². The van der Waals surface area contributed by atoms with Gasteiger partial charge in [-0.1, -0.05) is 68.1 Å². The molecule has 0 heterocycles. The number of hydrogen-bond donors (Lipinski definition) is 2. The van der Waals surface area contributed by atoms with E-state index in [1.165, 1.54) is 5.67 Å². The summed E-state index contributed by atoms with van der Waals surface area (Å²) in [5, 5.41) is 1.24. The first kappa shape index (κ1) is 19.7. The topological polar surface area (TPSA) is 12.0 Å². The van der Waals surface area contributed by atoms with Crippen LogP contribution < -0.4 is 4.98 Å². The highest BCUT2D eigenvalue weighted by molar-refractivity contribution is 7.81. The fourth-order valence-corrected chi connectivity index (χ4v) is 19.3. The highest BCUT2D eigenvalue weighted by Gasteiger charge is 2.51. The van der Waals surface area contributed by atoms with Crippen LogP contribution in [-0.2, 0) is 0 Å². The maximum Gasteiger partial charge on any atom is 0.117 e. The van der Waals surface area contributed by atoms with E-state index in [0.29, 0.717) is 15.5 Å². The smallest absolute Gasteiger partial charge is 0.117 e. The molecule has 19 heavy (non-hydrogen) atoms. The molecule has 1 N–H and O–H groups in total. The van der Waals surface area contributed by atoms with Crippen molar-refractivity contribution in [1.29, 1.82) is 0 Å². The second-order valence-electron chi connectivity index (χ2n) is 8.96. The molecule has 4 heteroatoms. The van der Waals surface area contributed by atoms with E-state index in [-0.39, 0.29) is 0 Å². The van der Waals surface area contributed by atoms with Crippen LogP contribution in [0.2, 0.25) is 35.4 Å². The van der Waals surface area contributed by atoms with Crippen molar-refractivity contribution in [3.8, 4) is 0 Å². The third-order valence-electron chi connectivity index (χ3n) is 5.05. The molecule has 0 aromatic heterocycles. The van der Waals surface area contributed by atoms with Crippen molar-refractivity contribution in [1.82, 2.24) is 4.98 Å². The molecule has 0 amide bonds. The van der Waals surface area contributed by atoms with Crippen LogP contribution in [0.4, 0.5) is 0 Å². The van der Waals surface area contributed by atoms with Crippen LogP contribution in [-0.4, -0.2) is 21.7 Å². The molecule has 0 bridgehead atoms. The van der Waals surface area contributed by atoms with Crippen LogP contribution in [0.1, 0.15) is 54.9 Å². The van der Waals surface area contributed by atoms with E-state index < -0.39 is 16.3 Å². The number of thiol groups is 1. The van der Waals surface area contributed by atoms with Gasteiger partial charge in [0.15, 0.2) is 0 Å². The van der Waals surface area contributed by atoms with Gasteiger partial charge in [-0.25, -0.2) is 0 Å². The minimum Gasteiger partial charge on any atom is -0.327 e. The molecule has 0 saturated carbocycles. The van der Waals surface area contributed by atoms with Gasteiger partial charge in [0.1, 0.15) is 8.24 Å². The summed E-state index contributed by atoms with van der Waals surface area (Å²) in [5.41, 5.74) is 1.42. The zero-order chi connectivity index (χ0) is 15.7. The first-order valence-corrected chi connectivity index (χ1v) is 14.0. The lowest BCUT2D eigenvalue weighted by molar-refractivity contribution is 0.616. The van der Waals surface area contributed by atoms with Gasteiger partial charge in [-0.3, -0.25) is 0 Å². The fourth-order valence-electron chi connectivity index (χ4n) is 3.14. The third-order valence-corrected chi connectivity index (χ3v) is 19.9. The largest absolute Gasteiger partial charge is 0.327 e. The Hall–Kier alpha value is 0.744. The normalized spacial score (nSPS) is 16.6.